The van der Waals surface area contributed by atoms with Gasteiger partial charge in [-0.3, -0.25) is 9.59 Å². The lowest BCUT2D eigenvalue weighted by molar-refractivity contribution is -0.119. The summed E-state index contributed by atoms with van der Waals surface area (Å²) in [4.78, 5) is 31.0. The van der Waals surface area contributed by atoms with Crippen LogP contribution in [-0.4, -0.2) is 62.9 Å². The van der Waals surface area contributed by atoms with Crippen molar-refractivity contribution >= 4 is 18.0 Å². The van der Waals surface area contributed by atoms with Crippen LogP contribution >= 0.6 is 0 Å². The van der Waals surface area contributed by atoms with Crippen LogP contribution in [0, 0.1) is 13.8 Å². The maximum Gasteiger partial charge on any atom is 0.272 e. The van der Waals surface area contributed by atoms with Crippen molar-refractivity contribution in [2.75, 3.05) is 26.2 Å². The topological polar surface area (TPSA) is 70.8 Å². The Kier molecular flexibility index (Phi) is 3.32. The Morgan fingerprint density at radius 1 is 1.19 bits per heavy atom. The van der Waals surface area contributed by atoms with Gasteiger partial charge in [-0.05, 0) is 19.9 Å². The minimum atomic E-state index is -0.0926. The van der Waals surface area contributed by atoms with E-state index in [0.717, 1.165) is 17.8 Å². The van der Waals surface area contributed by atoms with Crippen molar-refractivity contribution in [3.8, 4) is 0 Å². The highest BCUT2D eigenvalue weighted by Crippen LogP contribution is 2.12. The molecule has 0 atom stereocenters. The van der Waals surface area contributed by atoms with Crippen LogP contribution < -0.4 is 0 Å². The van der Waals surface area contributed by atoms with Crippen molar-refractivity contribution in [2.24, 2.45) is 0 Å². The van der Waals surface area contributed by atoms with Gasteiger partial charge >= 0.3 is 0 Å². The molecule has 0 aliphatic carbocycles. The summed E-state index contributed by atoms with van der Waals surface area (Å²) in [5, 5.41) is 4.33. The van der Waals surface area contributed by atoms with E-state index in [9.17, 15) is 9.59 Å². The molecule has 7 heteroatoms. The molecule has 3 rings (SSSR count). The van der Waals surface area contributed by atoms with Gasteiger partial charge in [-0.25, -0.2) is 9.50 Å². The van der Waals surface area contributed by atoms with Crippen molar-refractivity contribution in [3.05, 3.63) is 29.2 Å². The molecule has 0 saturated carbocycles. The molecule has 1 saturated heterocycles. The molecule has 0 spiro atoms. The Hall–Kier alpha value is -2.44. The summed E-state index contributed by atoms with van der Waals surface area (Å²) in [6.07, 6.45) is 0.825. The van der Waals surface area contributed by atoms with Crippen LogP contribution in [0.5, 0.6) is 0 Å². The smallest absolute Gasteiger partial charge is 0.272 e. The van der Waals surface area contributed by atoms with E-state index in [1.54, 1.807) is 20.4 Å². The molecular weight excluding hydrogens is 270 g/mol. The second-order valence-electron chi connectivity index (χ2n) is 5.27. The van der Waals surface area contributed by atoms with E-state index >= 15 is 0 Å². The number of hydrogen-bond acceptors (Lipinski definition) is 4. The van der Waals surface area contributed by atoms with Gasteiger partial charge in [0.25, 0.3) is 5.91 Å². The van der Waals surface area contributed by atoms with E-state index in [1.165, 1.54) is 0 Å². The number of carbonyl (C=O) groups excluding carboxylic acids is 2. The summed E-state index contributed by atoms with van der Waals surface area (Å²) in [5.41, 5.74) is 2.86. The summed E-state index contributed by atoms with van der Waals surface area (Å²) in [7, 11) is 0. The fourth-order valence-corrected chi connectivity index (χ4v) is 2.54. The number of carbonyl (C=O) groups is 2. The summed E-state index contributed by atoms with van der Waals surface area (Å²) in [5.74, 6) is -0.0926. The van der Waals surface area contributed by atoms with Gasteiger partial charge in [-0.1, -0.05) is 0 Å². The van der Waals surface area contributed by atoms with Crippen molar-refractivity contribution in [1.29, 1.82) is 0 Å². The Bertz CT molecular complexity index is 701. The molecule has 1 aliphatic rings. The predicted octanol–water partition coefficient (Wildman–Crippen LogP) is 0.260. The van der Waals surface area contributed by atoms with E-state index in [2.05, 4.69) is 10.1 Å². The fourth-order valence-electron chi connectivity index (χ4n) is 2.54. The molecule has 3 heterocycles. The van der Waals surface area contributed by atoms with Gasteiger partial charge < -0.3 is 9.80 Å². The molecule has 110 valence electrons. The summed E-state index contributed by atoms with van der Waals surface area (Å²) in [6, 6.07) is 3.61. The zero-order valence-corrected chi connectivity index (χ0v) is 12.1. The molecule has 1 aliphatic heterocycles. The Morgan fingerprint density at radius 3 is 2.57 bits per heavy atom. The van der Waals surface area contributed by atoms with Crippen LogP contribution in [0.3, 0.4) is 0 Å². The van der Waals surface area contributed by atoms with Gasteiger partial charge in [0.15, 0.2) is 5.65 Å². The Labute approximate surface area is 122 Å². The Balaban J connectivity index is 1.86. The molecular formula is C14H17N5O2. The third-order valence-corrected chi connectivity index (χ3v) is 3.70. The second-order valence-corrected chi connectivity index (χ2v) is 5.27. The normalized spacial score (nSPS) is 15.5. The van der Waals surface area contributed by atoms with Crippen LogP contribution in [0.2, 0.25) is 0 Å². The van der Waals surface area contributed by atoms with Crippen LogP contribution in [0.15, 0.2) is 12.1 Å². The quantitative estimate of drug-likeness (QED) is 0.743. The lowest BCUT2D eigenvalue weighted by atomic mass is 10.2. The van der Waals surface area contributed by atoms with Gasteiger partial charge in [0.1, 0.15) is 5.69 Å². The highest BCUT2D eigenvalue weighted by atomic mass is 16.2. The standard InChI is InChI=1S/C14H17N5O2/c1-10-7-13-15-12(8-11(2)19(13)16-10)14(21)18-5-3-17(9-20)4-6-18/h7-9H,3-6H2,1-2H3. The minimum absolute atomic E-state index is 0.0926. The number of hydrogen-bond donors (Lipinski definition) is 0. The molecule has 0 N–H and O–H groups in total. The SMILES string of the molecule is Cc1cc2nc(C(=O)N3CCN(C=O)CC3)cc(C)n2n1. The molecule has 7 nitrogen and oxygen atoms in total. The first-order chi connectivity index (χ1) is 10.1. The summed E-state index contributed by atoms with van der Waals surface area (Å²) >= 11 is 0. The van der Waals surface area contributed by atoms with E-state index in [0.29, 0.717) is 37.5 Å². The lowest BCUT2D eigenvalue weighted by Gasteiger charge is -2.32. The number of nitrogens with zero attached hydrogens (tertiary/aromatic N) is 5. The largest absolute Gasteiger partial charge is 0.342 e. The van der Waals surface area contributed by atoms with E-state index in [4.69, 9.17) is 0 Å². The van der Waals surface area contributed by atoms with Gasteiger partial charge in [-0.15, -0.1) is 0 Å². The maximum atomic E-state index is 12.5. The van der Waals surface area contributed by atoms with Crippen molar-refractivity contribution in [3.63, 3.8) is 0 Å². The van der Waals surface area contributed by atoms with E-state index in [-0.39, 0.29) is 5.91 Å². The van der Waals surface area contributed by atoms with Crippen LogP contribution in [0.1, 0.15) is 21.9 Å². The monoisotopic (exact) mass is 287 g/mol. The minimum Gasteiger partial charge on any atom is -0.342 e. The van der Waals surface area contributed by atoms with Gasteiger partial charge in [-0.2, -0.15) is 5.10 Å². The number of piperazine rings is 1. The van der Waals surface area contributed by atoms with Gasteiger partial charge in [0.05, 0.1) is 5.69 Å². The zero-order valence-electron chi connectivity index (χ0n) is 12.1. The lowest BCUT2D eigenvalue weighted by Crippen LogP contribution is -2.48. The summed E-state index contributed by atoms with van der Waals surface area (Å²) < 4.78 is 1.73. The molecule has 2 amide bonds. The number of fused-ring (bicyclic) bond motifs is 1. The highest BCUT2D eigenvalue weighted by Gasteiger charge is 2.23. The van der Waals surface area contributed by atoms with Crippen LogP contribution in [0.4, 0.5) is 0 Å². The van der Waals surface area contributed by atoms with Crippen LogP contribution in [0.25, 0.3) is 5.65 Å². The third-order valence-electron chi connectivity index (χ3n) is 3.70. The molecule has 0 radical (unpaired) electrons. The summed E-state index contributed by atoms with van der Waals surface area (Å²) in [6.45, 7) is 6.03. The Morgan fingerprint density at radius 2 is 1.90 bits per heavy atom. The third kappa shape index (κ3) is 2.46. The van der Waals surface area contributed by atoms with Crippen molar-refractivity contribution < 1.29 is 9.59 Å². The molecule has 0 unspecified atom stereocenters. The fraction of sp³-hybridized carbons (Fsp3) is 0.429. The van der Waals surface area contributed by atoms with E-state index < -0.39 is 0 Å². The van der Waals surface area contributed by atoms with Crippen molar-refractivity contribution in [1.82, 2.24) is 24.4 Å². The van der Waals surface area contributed by atoms with Gasteiger partial charge in [0.2, 0.25) is 6.41 Å². The molecule has 0 bridgehead atoms. The molecule has 0 aromatic carbocycles. The average Bonchev–Trinajstić information content (AvgIpc) is 2.87. The first-order valence-corrected chi connectivity index (χ1v) is 6.91. The average molecular weight is 287 g/mol. The number of rotatable bonds is 2. The van der Waals surface area contributed by atoms with E-state index in [1.807, 2.05) is 19.9 Å². The van der Waals surface area contributed by atoms with Crippen LogP contribution in [-0.2, 0) is 4.79 Å². The maximum absolute atomic E-state index is 12.5. The van der Waals surface area contributed by atoms with Gasteiger partial charge in [0, 0.05) is 37.9 Å². The second kappa shape index (κ2) is 5.16. The zero-order chi connectivity index (χ0) is 15.0. The number of aromatic nitrogens is 3. The molecule has 2 aromatic heterocycles. The molecule has 21 heavy (non-hydrogen) atoms. The first kappa shape index (κ1) is 13.5. The molecule has 1 fully saturated rings. The highest BCUT2D eigenvalue weighted by molar-refractivity contribution is 5.93. The first-order valence-electron chi connectivity index (χ1n) is 6.91. The molecule has 2 aromatic rings. The van der Waals surface area contributed by atoms with Crippen molar-refractivity contribution in [2.45, 2.75) is 13.8 Å². The number of aryl methyl sites for hydroxylation is 2. The number of amides is 2. The predicted molar refractivity (Wildman–Crippen MR) is 76.0 cm³/mol.